The van der Waals surface area contributed by atoms with Gasteiger partial charge in [0.25, 0.3) is 0 Å². The van der Waals surface area contributed by atoms with E-state index in [4.69, 9.17) is 10.5 Å². The van der Waals surface area contributed by atoms with Gasteiger partial charge in [-0.3, -0.25) is 0 Å². The van der Waals surface area contributed by atoms with Gasteiger partial charge < -0.3 is 10.5 Å². The number of benzene rings is 1. The van der Waals surface area contributed by atoms with Gasteiger partial charge in [0.1, 0.15) is 5.75 Å². The zero-order valence-electron chi connectivity index (χ0n) is 9.95. The van der Waals surface area contributed by atoms with Crippen LogP contribution in [0.2, 0.25) is 0 Å². The summed E-state index contributed by atoms with van der Waals surface area (Å²) in [6.45, 7) is 1.15. The Morgan fingerprint density at radius 1 is 1.17 bits per heavy atom. The molecule has 0 spiro atoms. The molecule has 1 aromatic carbocycles. The zero-order chi connectivity index (χ0) is 12.6. The van der Waals surface area contributed by atoms with Crippen molar-refractivity contribution in [2.24, 2.45) is 5.73 Å². The first-order valence-corrected chi connectivity index (χ1v) is 6.68. The van der Waals surface area contributed by atoms with E-state index in [9.17, 15) is 0 Å². The number of hydrogen-bond donors (Lipinski definition) is 1. The van der Waals surface area contributed by atoms with E-state index in [-0.39, 0.29) is 0 Å². The molecule has 0 saturated carbocycles. The Bertz CT molecular complexity index is 479. The van der Waals surface area contributed by atoms with Crippen LogP contribution in [0.15, 0.2) is 47.9 Å². The highest BCUT2D eigenvalue weighted by Crippen LogP contribution is 2.15. The van der Waals surface area contributed by atoms with Crippen LogP contribution in [0.25, 0.3) is 0 Å². The molecule has 0 unspecified atom stereocenters. The summed E-state index contributed by atoms with van der Waals surface area (Å²) in [6, 6.07) is 9.63. The molecule has 2 aromatic rings. The number of thioether (sulfide) groups is 1. The Morgan fingerprint density at radius 3 is 2.78 bits per heavy atom. The minimum Gasteiger partial charge on any atom is -0.493 e. The van der Waals surface area contributed by atoms with Gasteiger partial charge in [0.15, 0.2) is 5.16 Å². The summed E-state index contributed by atoms with van der Waals surface area (Å²) in [6.07, 6.45) is 3.47. The van der Waals surface area contributed by atoms with E-state index >= 15 is 0 Å². The van der Waals surface area contributed by atoms with Crippen molar-refractivity contribution in [1.82, 2.24) is 9.97 Å². The molecule has 2 rings (SSSR count). The fraction of sp³-hybridized carbons (Fsp3) is 0.231. The maximum absolute atomic E-state index is 5.64. The molecule has 0 saturated heterocycles. The Labute approximate surface area is 111 Å². The lowest BCUT2D eigenvalue weighted by Gasteiger charge is -2.06. The van der Waals surface area contributed by atoms with Crippen LogP contribution < -0.4 is 10.5 Å². The van der Waals surface area contributed by atoms with Crippen molar-refractivity contribution in [3.05, 3.63) is 48.3 Å². The number of nitrogens with zero attached hydrogens (tertiary/aromatic N) is 2. The van der Waals surface area contributed by atoms with E-state index in [0.29, 0.717) is 13.2 Å². The summed E-state index contributed by atoms with van der Waals surface area (Å²) in [5.74, 6) is 1.67. The van der Waals surface area contributed by atoms with Crippen molar-refractivity contribution in [3.63, 3.8) is 0 Å². The van der Waals surface area contributed by atoms with Crippen molar-refractivity contribution in [3.8, 4) is 5.75 Å². The maximum Gasteiger partial charge on any atom is 0.187 e. The van der Waals surface area contributed by atoms with Gasteiger partial charge in [0.2, 0.25) is 0 Å². The van der Waals surface area contributed by atoms with Crippen LogP contribution >= 0.6 is 11.8 Å². The molecule has 1 aromatic heterocycles. The summed E-state index contributed by atoms with van der Waals surface area (Å²) >= 11 is 1.58. The quantitative estimate of drug-likeness (QED) is 0.490. The van der Waals surface area contributed by atoms with Crippen LogP contribution in [0, 0.1) is 0 Å². The number of hydrogen-bond acceptors (Lipinski definition) is 5. The predicted octanol–water partition coefficient (Wildman–Crippen LogP) is 2.11. The lowest BCUT2D eigenvalue weighted by atomic mass is 10.2. The van der Waals surface area contributed by atoms with Gasteiger partial charge in [-0.25, -0.2) is 9.97 Å². The molecule has 5 heteroatoms. The Hall–Kier alpha value is -1.59. The average Bonchev–Trinajstić information content (AvgIpc) is 2.45. The van der Waals surface area contributed by atoms with Gasteiger partial charge in [-0.15, -0.1) is 0 Å². The van der Waals surface area contributed by atoms with E-state index in [1.54, 1.807) is 30.2 Å². The van der Waals surface area contributed by atoms with Gasteiger partial charge in [-0.05, 0) is 23.8 Å². The maximum atomic E-state index is 5.64. The second kappa shape index (κ2) is 6.98. The van der Waals surface area contributed by atoms with Crippen molar-refractivity contribution in [1.29, 1.82) is 0 Å². The molecule has 18 heavy (non-hydrogen) atoms. The SMILES string of the molecule is NCc1cccc(OCCSc2ncccn2)c1. The smallest absolute Gasteiger partial charge is 0.187 e. The molecule has 0 aliphatic carbocycles. The molecule has 0 aliphatic rings. The molecule has 94 valence electrons. The third-order valence-electron chi connectivity index (χ3n) is 2.26. The predicted molar refractivity (Wildman–Crippen MR) is 72.6 cm³/mol. The lowest BCUT2D eigenvalue weighted by molar-refractivity contribution is 0.343. The highest BCUT2D eigenvalue weighted by molar-refractivity contribution is 7.99. The fourth-order valence-electron chi connectivity index (χ4n) is 1.41. The van der Waals surface area contributed by atoms with Gasteiger partial charge >= 0.3 is 0 Å². The van der Waals surface area contributed by atoms with Crippen LogP contribution in [0.4, 0.5) is 0 Å². The average molecular weight is 261 g/mol. The highest BCUT2D eigenvalue weighted by Gasteiger charge is 1.98. The normalized spacial score (nSPS) is 10.3. The summed E-state index contributed by atoms with van der Waals surface area (Å²) in [7, 11) is 0. The molecule has 0 radical (unpaired) electrons. The van der Waals surface area contributed by atoms with E-state index in [1.807, 2.05) is 24.3 Å². The van der Waals surface area contributed by atoms with Crippen LogP contribution in [0.1, 0.15) is 5.56 Å². The van der Waals surface area contributed by atoms with E-state index in [0.717, 1.165) is 22.2 Å². The summed E-state index contributed by atoms with van der Waals surface area (Å²) in [5.41, 5.74) is 6.65. The van der Waals surface area contributed by atoms with Crippen molar-refractivity contribution in [2.75, 3.05) is 12.4 Å². The van der Waals surface area contributed by atoms with Crippen molar-refractivity contribution < 1.29 is 4.74 Å². The largest absolute Gasteiger partial charge is 0.493 e. The molecule has 1 heterocycles. The summed E-state index contributed by atoms with van der Waals surface area (Å²) in [5, 5.41) is 0.775. The Balaban J connectivity index is 1.75. The molecule has 2 N–H and O–H groups in total. The van der Waals surface area contributed by atoms with E-state index < -0.39 is 0 Å². The monoisotopic (exact) mass is 261 g/mol. The van der Waals surface area contributed by atoms with Crippen LogP contribution in [-0.2, 0) is 6.54 Å². The van der Waals surface area contributed by atoms with Crippen molar-refractivity contribution in [2.45, 2.75) is 11.7 Å². The summed E-state index contributed by atoms with van der Waals surface area (Å²) in [4.78, 5) is 8.26. The van der Waals surface area contributed by atoms with Crippen LogP contribution in [-0.4, -0.2) is 22.3 Å². The molecular weight excluding hydrogens is 246 g/mol. The second-order valence-electron chi connectivity index (χ2n) is 3.58. The summed E-state index contributed by atoms with van der Waals surface area (Å²) < 4.78 is 5.64. The molecule has 0 atom stereocenters. The Morgan fingerprint density at radius 2 is 2.00 bits per heavy atom. The topological polar surface area (TPSA) is 61.0 Å². The number of ether oxygens (including phenoxy) is 1. The number of aromatic nitrogens is 2. The van der Waals surface area contributed by atoms with Gasteiger partial charge in [-0.2, -0.15) is 0 Å². The third-order valence-corrected chi connectivity index (χ3v) is 3.10. The zero-order valence-corrected chi connectivity index (χ0v) is 10.8. The number of rotatable bonds is 6. The minimum atomic E-state index is 0.532. The minimum absolute atomic E-state index is 0.532. The highest BCUT2D eigenvalue weighted by atomic mass is 32.2. The second-order valence-corrected chi connectivity index (χ2v) is 4.64. The van der Waals surface area contributed by atoms with Gasteiger partial charge in [-0.1, -0.05) is 23.9 Å². The number of nitrogens with two attached hydrogens (primary N) is 1. The van der Waals surface area contributed by atoms with E-state index in [2.05, 4.69) is 9.97 Å². The first-order chi connectivity index (χ1) is 8.88. The van der Waals surface area contributed by atoms with E-state index in [1.165, 1.54) is 0 Å². The van der Waals surface area contributed by atoms with Crippen LogP contribution in [0.5, 0.6) is 5.75 Å². The fourth-order valence-corrected chi connectivity index (χ4v) is 2.03. The van der Waals surface area contributed by atoms with Crippen LogP contribution in [0.3, 0.4) is 0 Å². The molecule has 4 nitrogen and oxygen atoms in total. The first kappa shape index (κ1) is 12.9. The van der Waals surface area contributed by atoms with Gasteiger partial charge in [0, 0.05) is 24.7 Å². The third kappa shape index (κ3) is 4.01. The standard InChI is InChI=1S/C13H15N3OS/c14-10-11-3-1-4-12(9-11)17-7-8-18-13-15-5-2-6-16-13/h1-6,9H,7-8,10,14H2. The molecule has 0 fully saturated rings. The molecule has 0 bridgehead atoms. The van der Waals surface area contributed by atoms with Crippen molar-refractivity contribution >= 4 is 11.8 Å². The first-order valence-electron chi connectivity index (χ1n) is 5.70. The van der Waals surface area contributed by atoms with Gasteiger partial charge in [0.05, 0.1) is 6.61 Å². The molecular formula is C13H15N3OS. The lowest BCUT2D eigenvalue weighted by Crippen LogP contribution is -2.02. The Kier molecular flexibility index (Phi) is 4.99. The molecule has 0 amide bonds. The molecule has 0 aliphatic heterocycles.